The Hall–Kier alpha value is -5.35. The Bertz CT molecular complexity index is 1660. The average molecular weight is 571 g/mol. The molecule has 0 spiro atoms. The molecule has 0 amide bonds. The van der Waals surface area contributed by atoms with Crippen LogP contribution in [0.25, 0.3) is 6.08 Å². The van der Waals surface area contributed by atoms with E-state index in [4.69, 9.17) is 14.2 Å². The number of carbonyl (C=O) groups is 2. The first-order valence-corrected chi connectivity index (χ1v) is 14.0. The quantitative estimate of drug-likeness (QED) is 0.244. The first kappa shape index (κ1) is 27.8. The summed E-state index contributed by atoms with van der Waals surface area (Å²) in [5.41, 5.74) is 2.07. The number of fused-ring (bicyclic) bond motifs is 3. The molecule has 1 fully saturated rings. The van der Waals surface area contributed by atoms with Gasteiger partial charge in [-0.2, -0.15) is 5.26 Å². The number of rotatable bonds is 7. The monoisotopic (exact) mass is 570 g/mol. The molecule has 2 heterocycles. The Morgan fingerprint density at radius 3 is 2.02 bits per heavy atom. The summed E-state index contributed by atoms with van der Waals surface area (Å²) in [6, 6.07) is 34.2. The Morgan fingerprint density at radius 2 is 1.44 bits per heavy atom. The van der Waals surface area contributed by atoms with Crippen LogP contribution in [0, 0.1) is 16.7 Å². The van der Waals surface area contributed by atoms with E-state index in [1.165, 1.54) is 7.11 Å². The number of ether oxygens (including phenoxy) is 3. The fraction of sp³-hybridized carbons (Fsp3) is 0.194. The molecular formula is C36H30N2O5. The molecular weight excluding hydrogens is 540 g/mol. The molecule has 4 aromatic carbocycles. The SMILES string of the molecule is COC(=O)[C@@]1(C#N)[C@H](c2ccc(OC)cc2)[C@@H](C(=O)OC(c2ccccc2)c2ccccc2)N2C=Cc3ccccc3[C@@H]21. The normalized spacial score (nSPS) is 21.8. The molecule has 0 saturated carbocycles. The van der Waals surface area contributed by atoms with Gasteiger partial charge in [-0.05, 0) is 46.0 Å². The fourth-order valence-electron chi connectivity index (χ4n) is 6.52. The van der Waals surface area contributed by atoms with Crippen LogP contribution in [0.3, 0.4) is 0 Å². The van der Waals surface area contributed by atoms with Crippen molar-refractivity contribution in [2.75, 3.05) is 14.2 Å². The molecule has 214 valence electrons. The highest BCUT2D eigenvalue weighted by molar-refractivity contribution is 5.89. The van der Waals surface area contributed by atoms with Crippen LogP contribution < -0.4 is 4.74 Å². The highest BCUT2D eigenvalue weighted by Crippen LogP contribution is 2.60. The van der Waals surface area contributed by atoms with Crippen molar-refractivity contribution in [3.8, 4) is 11.8 Å². The van der Waals surface area contributed by atoms with Gasteiger partial charge >= 0.3 is 11.9 Å². The maximum atomic E-state index is 14.6. The Balaban J connectivity index is 1.54. The van der Waals surface area contributed by atoms with Gasteiger partial charge in [0.1, 0.15) is 11.8 Å². The molecule has 0 N–H and O–H groups in total. The van der Waals surface area contributed by atoms with Crippen molar-refractivity contribution in [1.82, 2.24) is 4.90 Å². The van der Waals surface area contributed by atoms with Crippen LogP contribution in [0.2, 0.25) is 0 Å². The number of nitriles is 1. The number of hydrogen-bond acceptors (Lipinski definition) is 7. The largest absolute Gasteiger partial charge is 0.497 e. The van der Waals surface area contributed by atoms with E-state index < -0.39 is 41.5 Å². The molecule has 0 bridgehead atoms. The van der Waals surface area contributed by atoms with Crippen molar-refractivity contribution in [2.45, 2.75) is 24.1 Å². The first-order chi connectivity index (χ1) is 21.0. The van der Waals surface area contributed by atoms with E-state index in [0.29, 0.717) is 11.3 Å². The minimum Gasteiger partial charge on any atom is -0.497 e. The van der Waals surface area contributed by atoms with Gasteiger partial charge in [-0.25, -0.2) is 4.79 Å². The predicted octanol–water partition coefficient (Wildman–Crippen LogP) is 6.20. The van der Waals surface area contributed by atoms with Crippen LogP contribution in [0.15, 0.2) is 115 Å². The standard InChI is InChI=1S/C36H30N2O5/c1-41-28-19-17-25(18-20-28)30-31(34(39)43-32(26-12-5-3-6-13-26)27-14-7-4-8-15-27)38-22-21-24-11-9-10-16-29(24)33(38)36(30,23-37)35(40)42-2/h3-22,30-33H,1-2H3/t30-,31+,33-,36+/m1/s1. The van der Waals surface area contributed by atoms with Gasteiger partial charge in [0.2, 0.25) is 0 Å². The predicted molar refractivity (Wildman–Crippen MR) is 160 cm³/mol. The van der Waals surface area contributed by atoms with Gasteiger partial charge in [0.15, 0.2) is 11.5 Å². The molecule has 2 aliphatic heterocycles. The van der Waals surface area contributed by atoms with Gasteiger partial charge in [-0.1, -0.05) is 97.1 Å². The van der Waals surface area contributed by atoms with E-state index in [1.807, 2.05) is 91.0 Å². The molecule has 1 saturated heterocycles. The zero-order valence-corrected chi connectivity index (χ0v) is 23.8. The first-order valence-electron chi connectivity index (χ1n) is 14.0. The molecule has 4 atom stereocenters. The smallest absolute Gasteiger partial charge is 0.330 e. The molecule has 4 aromatic rings. The number of esters is 2. The van der Waals surface area contributed by atoms with Crippen LogP contribution in [0.5, 0.6) is 5.75 Å². The van der Waals surface area contributed by atoms with E-state index in [0.717, 1.165) is 22.3 Å². The number of benzene rings is 4. The van der Waals surface area contributed by atoms with Gasteiger partial charge < -0.3 is 19.1 Å². The van der Waals surface area contributed by atoms with Crippen molar-refractivity contribution in [2.24, 2.45) is 5.41 Å². The van der Waals surface area contributed by atoms with E-state index in [9.17, 15) is 14.9 Å². The van der Waals surface area contributed by atoms with Gasteiger partial charge in [-0.15, -0.1) is 0 Å². The number of hydrogen-bond donors (Lipinski definition) is 0. The average Bonchev–Trinajstić information content (AvgIpc) is 3.39. The fourth-order valence-corrected chi connectivity index (χ4v) is 6.52. The van der Waals surface area contributed by atoms with Crippen LogP contribution in [0.1, 0.15) is 45.9 Å². The highest BCUT2D eigenvalue weighted by atomic mass is 16.5. The zero-order chi connectivity index (χ0) is 30.0. The van der Waals surface area contributed by atoms with E-state index in [1.54, 1.807) is 42.5 Å². The molecule has 2 aliphatic rings. The van der Waals surface area contributed by atoms with Crippen molar-refractivity contribution in [3.05, 3.63) is 143 Å². The molecule has 43 heavy (non-hydrogen) atoms. The summed E-state index contributed by atoms with van der Waals surface area (Å²) in [6.07, 6.45) is 2.98. The van der Waals surface area contributed by atoms with Crippen molar-refractivity contribution in [1.29, 1.82) is 5.26 Å². The summed E-state index contributed by atoms with van der Waals surface area (Å²) in [5, 5.41) is 11.0. The van der Waals surface area contributed by atoms with Crippen molar-refractivity contribution >= 4 is 18.0 Å². The van der Waals surface area contributed by atoms with Gasteiger partial charge in [0.25, 0.3) is 0 Å². The second-order valence-electron chi connectivity index (χ2n) is 10.6. The lowest BCUT2D eigenvalue weighted by Crippen LogP contribution is -2.41. The van der Waals surface area contributed by atoms with Gasteiger partial charge in [-0.3, -0.25) is 4.79 Å². The van der Waals surface area contributed by atoms with Crippen LogP contribution in [0.4, 0.5) is 0 Å². The highest BCUT2D eigenvalue weighted by Gasteiger charge is 2.68. The van der Waals surface area contributed by atoms with Gasteiger partial charge in [0, 0.05) is 12.1 Å². The third kappa shape index (κ3) is 4.61. The summed E-state index contributed by atoms with van der Waals surface area (Å²) in [5.74, 6) is -1.60. The maximum absolute atomic E-state index is 14.6. The van der Waals surface area contributed by atoms with E-state index in [2.05, 4.69) is 6.07 Å². The minimum atomic E-state index is -1.77. The Morgan fingerprint density at radius 1 is 0.837 bits per heavy atom. The third-order valence-electron chi connectivity index (χ3n) is 8.44. The summed E-state index contributed by atoms with van der Waals surface area (Å²) >= 11 is 0. The molecule has 6 rings (SSSR count). The molecule has 0 aliphatic carbocycles. The summed E-state index contributed by atoms with van der Waals surface area (Å²) < 4.78 is 17.1. The molecule has 0 unspecified atom stereocenters. The number of nitrogens with zero attached hydrogens (tertiary/aromatic N) is 2. The molecule has 7 heteroatoms. The van der Waals surface area contributed by atoms with Crippen LogP contribution in [-0.4, -0.2) is 37.1 Å². The lowest BCUT2D eigenvalue weighted by Gasteiger charge is -2.36. The zero-order valence-electron chi connectivity index (χ0n) is 23.8. The molecule has 0 radical (unpaired) electrons. The lowest BCUT2D eigenvalue weighted by atomic mass is 9.67. The topological polar surface area (TPSA) is 88.9 Å². The number of methoxy groups -OCH3 is 2. The van der Waals surface area contributed by atoms with E-state index >= 15 is 0 Å². The summed E-state index contributed by atoms with van der Waals surface area (Å²) in [7, 11) is 2.84. The second kappa shape index (κ2) is 11.5. The summed E-state index contributed by atoms with van der Waals surface area (Å²) in [4.78, 5) is 30.3. The Kier molecular flexibility index (Phi) is 7.43. The van der Waals surface area contributed by atoms with Crippen molar-refractivity contribution < 1.29 is 23.8 Å². The van der Waals surface area contributed by atoms with Crippen LogP contribution >= 0.6 is 0 Å². The Labute approximate surface area is 250 Å². The van der Waals surface area contributed by atoms with Gasteiger partial charge in [0.05, 0.1) is 26.3 Å². The lowest BCUT2D eigenvalue weighted by molar-refractivity contribution is -0.153. The molecule has 7 nitrogen and oxygen atoms in total. The maximum Gasteiger partial charge on any atom is 0.330 e. The second-order valence-corrected chi connectivity index (χ2v) is 10.6. The summed E-state index contributed by atoms with van der Waals surface area (Å²) in [6.45, 7) is 0. The molecule has 0 aromatic heterocycles. The van der Waals surface area contributed by atoms with Crippen LogP contribution in [-0.2, 0) is 19.1 Å². The number of carbonyl (C=O) groups excluding carboxylic acids is 2. The van der Waals surface area contributed by atoms with E-state index in [-0.39, 0.29) is 0 Å². The minimum absolute atomic E-state index is 0.561. The third-order valence-corrected chi connectivity index (χ3v) is 8.44. The van der Waals surface area contributed by atoms with Crippen molar-refractivity contribution in [3.63, 3.8) is 0 Å².